The Hall–Kier alpha value is -0.810. The van der Waals surface area contributed by atoms with Crippen molar-refractivity contribution in [1.82, 2.24) is 4.98 Å². The summed E-state index contributed by atoms with van der Waals surface area (Å²) in [5, 5.41) is 4.05. The van der Waals surface area contributed by atoms with E-state index in [9.17, 15) is 0 Å². The standard InChI is InChI=1S/C14H21N3S2/c1-9(19-2)6-7-16-14-11(13(15)18)8-10-4-3-5-12(10)17-14/h8-9H,3-7H2,1-2H3,(H2,15,18)(H,16,17). The van der Waals surface area contributed by atoms with E-state index in [-0.39, 0.29) is 0 Å². The first kappa shape index (κ1) is 14.6. The van der Waals surface area contributed by atoms with Gasteiger partial charge in [0.1, 0.15) is 10.8 Å². The molecule has 5 heteroatoms. The van der Waals surface area contributed by atoms with Crippen LogP contribution in [0.25, 0.3) is 0 Å². The molecule has 1 aromatic rings. The molecule has 0 saturated carbocycles. The van der Waals surface area contributed by atoms with Crippen LogP contribution in [0.4, 0.5) is 5.82 Å². The maximum absolute atomic E-state index is 5.81. The number of aromatic nitrogens is 1. The van der Waals surface area contributed by atoms with Crippen molar-refractivity contribution in [2.75, 3.05) is 18.1 Å². The molecule has 0 aromatic carbocycles. The molecule has 1 unspecified atom stereocenters. The Bertz CT molecular complexity index is 474. The third kappa shape index (κ3) is 3.60. The first-order valence-electron chi connectivity index (χ1n) is 6.71. The van der Waals surface area contributed by atoms with Gasteiger partial charge in [-0.2, -0.15) is 11.8 Å². The van der Waals surface area contributed by atoms with E-state index in [1.54, 1.807) is 0 Å². The maximum atomic E-state index is 5.81. The summed E-state index contributed by atoms with van der Waals surface area (Å²) in [6.45, 7) is 3.14. The zero-order valence-corrected chi connectivity index (χ0v) is 13.2. The van der Waals surface area contributed by atoms with Gasteiger partial charge in [0.05, 0.1) is 5.56 Å². The number of nitrogens with two attached hydrogens (primary N) is 1. The number of hydrogen-bond donors (Lipinski definition) is 2. The van der Waals surface area contributed by atoms with E-state index in [2.05, 4.69) is 24.6 Å². The van der Waals surface area contributed by atoms with Crippen LogP contribution < -0.4 is 11.1 Å². The minimum Gasteiger partial charge on any atom is -0.389 e. The summed E-state index contributed by atoms with van der Waals surface area (Å²) in [6, 6.07) is 2.12. The highest BCUT2D eigenvalue weighted by molar-refractivity contribution is 7.99. The van der Waals surface area contributed by atoms with E-state index < -0.39 is 0 Å². The predicted octanol–water partition coefficient (Wildman–Crippen LogP) is 2.76. The monoisotopic (exact) mass is 295 g/mol. The Balaban J connectivity index is 2.12. The number of thiocarbonyl (C=S) groups is 1. The van der Waals surface area contributed by atoms with Crippen molar-refractivity contribution in [3.8, 4) is 0 Å². The molecule has 19 heavy (non-hydrogen) atoms. The number of nitrogens with zero attached hydrogens (tertiary/aromatic N) is 1. The lowest BCUT2D eigenvalue weighted by molar-refractivity contribution is 0.847. The summed E-state index contributed by atoms with van der Waals surface area (Å²) in [4.78, 5) is 5.14. The van der Waals surface area contributed by atoms with Gasteiger partial charge in [0, 0.05) is 17.5 Å². The molecule has 0 aliphatic heterocycles. The number of thioether (sulfide) groups is 1. The van der Waals surface area contributed by atoms with Gasteiger partial charge in [-0.05, 0) is 43.6 Å². The lowest BCUT2D eigenvalue weighted by Gasteiger charge is -2.14. The maximum Gasteiger partial charge on any atom is 0.136 e. The van der Waals surface area contributed by atoms with Gasteiger partial charge in [-0.15, -0.1) is 0 Å². The molecule has 3 N–H and O–H groups in total. The van der Waals surface area contributed by atoms with Crippen LogP contribution in [-0.2, 0) is 12.8 Å². The second-order valence-corrected chi connectivity index (χ2v) is 6.69. The molecule has 3 nitrogen and oxygen atoms in total. The van der Waals surface area contributed by atoms with Crippen molar-refractivity contribution in [3.05, 3.63) is 22.9 Å². The van der Waals surface area contributed by atoms with Gasteiger partial charge in [-0.25, -0.2) is 4.98 Å². The molecule has 0 radical (unpaired) electrons. The van der Waals surface area contributed by atoms with Crippen molar-refractivity contribution in [2.45, 2.75) is 37.9 Å². The topological polar surface area (TPSA) is 50.9 Å². The van der Waals surface area contributed by atoms with E-state index in [1.165, 1.54) is 17.7 Å². The van der Waals surface area contributed by atoms with Crippen LogP contribution in [0.5, 0.6) is 0 Å². The third-order valence-electron chi connectivity index (χ3n) is 3.56. The molecule has 1 atom stereocenters. The fourth-order valence-electron chi connectivity index (χ4n) is 2.31. The van der Waals surface area contributed by atoms with E-state index in [0.29, 0.717) is 10.2 Å². The molecule has 0 spiro atoms. The lowest BCUT2D eigenvalue weighted by atomic mass is 10.1. The average molecular weight is 295 g/mol. The number of nitrogens with one attached hydrogen (secondary N) is 1. The number of pyridine rings is 1. The summed E-state index contributed by atoms with van der Waals surface area (Å²) in [6.07, 6.45) is 6.60. The van der Waals surface area contributed by atoms with E-state index in [1.807, 2.05) is 11.8 Å². The fourth-order valence-corrected chi connectivity index (χ4v) is 2.82. The SMILES string of the molecule is CSC(C)CCNc1nc2c(cc1C(N)=S)CCC2. The van der Waals surface area contributed by atoms with E-state index in [0.717, 1.165) is 37.2 Å². The van der Waals surface area contributed by atoms with Crippen molar-refractivity contribution in [1.29, 1.82) is 0 Å². The first-order chi connectivity index (χ1) is 9.11. The zero-order chi connectivity index (χ0) is 13.8. The van der Waals surface area contributed by atoms with Crippen LogP contribution in [0.1, 0.15) is 36.6 Å². The number of rotatable bonds is 6. The normalized spacial score (nSPS) is 15.1. The molecule has 0 saturated heterocycles. The predicted molar refractivity (Wildman–Crippen MR) is 88.2 cm³/mol. The van der Waals surface area contributed by atoms with Crippen LogP contribution in [0.2, 0.25) is 0 Å². The summed E-state index contributed by atoms with van der Waals surface area (Å²) in [7, 11) is 0. The minimum atomic E-state index is 0.433. The second-order valence-electron chi connectivity index (χ2n) is 4.97. The third-order valence-corrected chi connectivity index (χ3v) is 4.82. The van der Waals surface area contributed by atoms with Crippen LogP contribution in [0.15, 0.2) is 6.07 Å². The second kappa shape index (κ2) is 6.57. The summed E-state index contributed by atoms with van der Waals surface area (Å²) in [5.41, 5.74) is 9.23. The van der Waals surface area contributed by atoms with Crippen molar-refractivity contribution in [2.24, 2.45) is 5.73 Å². The average Bonchev–Trinajstić information content (AvgIpc) is 2.84. The molecular weight excluding hydrogens is 274 g/mol. The van der Waals surface area contributed by atoms with Crippen molar-refractivity contribution < 1.29 is 0 Å². The summed E-state index contributed by atoms with van der Waals surface area (Å²) < 4.78 is 0. The van der Waals surface area contributed by atoms with Gasteiger partial charge < -0.3 is 11.1 Å². The molecule has 0 bridgehead atoms. The van der Waals surface area contributed by atoms with Gasteiger partial charge in [0.15, 0.2) is 0 Å². The van der Waals surface area contributed by atoms with Gasteiger partial charge in [-0.3, -0.25) is 0 Å². The van der Waals surface area contributed by atoms with Crippen molar-refractivity contribution >= 4 is 34.8 Å². The molecule has 1 aliphatic rings. The lowest BCUT2D eigenvalue weighted by Crippen LogP contribution is -2.17. The fraction of sp³-hybridized carbons (Fsp3) is 0.571. The number of aryl methyl sites for hydroxylation is 2. The summed E-state index contributed by atoms with van der Waals surface area (Å²) in [5.74, 6) is 0.862. The van der Waals surface area contributed by atoms with Crippen LogP contribution in [0, 0.1) is 0 Å². The number of hydrogen-bond acceptors (Lipinski definition) is 4. The number of anilines is 1. The quantitative estimate of drug-likeness (QED) is 0.790. The number of fused-ring (bicyclic) bond motifs is 1. The molecule has 1 aliphatic carbocycles. The highest BCUT2D eigenvalue weighted by atomic mass is 32.2. The zero-order valence-electron chi connectivity index (χ0n) is 11.5. The molecule has 1 aromatic heterocycles. The first-order valence-corrected chi connectivity index (χ1v) is 8.40. The van der Waals surface area contributed by atoms with Crippen LogP contribution in [-0.4, -0.2) is 28.0 Å². The molecule has 0 amide bonds. The van der Waals surface area contributed by atoms with Gasteiger partial charge in [-0.1, -0.05) is 19.1 Å². The minimum absolute atomic E-state index is 0.433. The molecule has 1 heterocycles. The highest BCUT2D eigenvalue weighted by Crippen LogP contribution is 2.25. The highest BCUT2D eigenvalue weighted by Gasteiger charge is 2.17. The Labute approximate surface area is 124 Å². The molecular formula is C14H21N3S2. The van der Waals surface area contributed by atoms with Crippen molar-refractivity contribution in [3.63, 3.8) is 0 Å². The Morgan fingerprint density at radius 2 is 2.37 bits per heavy atom. The Morgan fingerprint density at radius 3 is 3.05 bits per heavy atom. The largest absolute Gasteiger partial charge is 0.389 e. The van der Waals surface area contributed by atoms with E-state index >= 15 is 0 Å². The van der Waals surface area contributed by atoms with Crippen LogP contribution >= 0.6 is 24.0 Å². The van der Waals surface area contributed by atoms with E-state index in [4.69, 9.17) is 22.9 Å². The Kier molecular flexibility index (Phi) is 5.05. The van der Waals surface area contributed by atoms with Crippen LogP contribution in [0.3, 0.4) is 0 Å². The van der Waals surface area contributed by atoms with Gasteiger partial charge in [0.25, 0.3) is 0 Å². The molecule has 2 rings (SSSR count). The van der Waals surface area contributed by atoms with Gasteiger partial charge in [0.2, 0.25) is 0 Å². The Morgan fingerprint density at radius 1 is 1.58 bits per heavy atom. The summed E-state index contributed by atoms with van der Waals surface area (Å²) >= 11 is 7.02. The smallest absolute Gasteiger partial charge is 0.136 e. The molecule has 104 valence electrons. The molecule has 0 fully saturated rings. The van der Waals surface area contributed by atoms with Gasteiger partial charge >= 0.3 is 0 Å².